The average molecular weight is 255 g/mol. The van der Waals surface area contributed by atoms with E-state index in [1.165, 1.54) is 32.1 Å². The van der Waals surface area contributed by atoms with Crippen molar-refractivity contribution in [2.45, 2.75) is 45.1 Å². The van der Waals surface area contributed by atoms with E-state index in [2.05, 4.69) is 21.8 Å². The Kier molecular flexibility index (Phi) is 4.05. The molecule has 1 aliphatic carbocycles. The molecule has 2 rings (SSSR count). The van der Waals surface area contributed by atoms with Gasteiger partial charge in [0.05, 0.1) is 6.20 Å². The number of halogens is 1. The number of hydrogen-bond donors (Lipinski definition) is 1. The molecule has 0 unspecified atom stereocenters. The smallest absolute Gasteiger partial charge is 0.222 e. The summed E-state index contributed by atoms with van der Waals surface area (Å²) in [6.45, 7) is 3.03. The van der Waals surface area contributed by atoms with Crippen LogP contribution in [0.15, 0.2) is 6.20 Å². The van der Waals surface area contributed by atoms with Crippen molar-refractivity contribution in [1.82, 2.24) is 9.97 Å². The highest BCUT2D eigenvalue weighted by molar-refractivity contribution is 6.32. The highest BCUT2D eigenvalue weighted by Crippen LogP contribution is 2.30. The summed E-state index contributed by atoms with van der Waals surface area (Å²) in [6.07, 6.45) is 7.94. The van der Waals surface area contributed by atoms with Crippen LogP contribution in [0.2, 0.25) is 5.02 Å². The summed E-state index contributed by atoms with van der Waals surface area (Å²) >= 11 is 6.17. The molecule has 0 spiro atoms. The van der Waals surface area contributed by atoms with E-state index in [0.29, 0.717) is 17.0 Å². The molecule has 1 fully saturated rings. The lowest BCUT2D eigenvalue weighted by molar-refractivity contribution is 0.416. The first-order valence-electron chi connectivity index (χ1n) is 6.27. The third-order valence-electron chi connectivity index (χ3n) is 3.37. The van der Waals surface area contributed by atoms with Crippen molar-refractivity contribution in [3.8, 4) is 0 Å². The van der Waals surface area contributed by atoms with Crippen LogP contribution in [0.25, 0.3) is 0 Å². The second-order valence-electron chi connectivity index (χ2n) is 4.48. The van der Waals surface area contributed by atoms with Crippen molar-refractivity contribution < 1.29 is 0 Å². The van der Waals surface area contributed by atoms with E-state index in [4.69, 9.17) is 17.3 Å². The zero-order valence-electron chi connectivity index (χ0n) is 10.2. The second-order valence-corrected chi connectivity index (χ2v) is 4.88. The second kappa shape index (κ2) is 5.54. The van der Waals surface area contributed by atoms with Crippen molar-refractivity contribution in [3.05, 3.63) is 11.2 Å². The van der Waals surface area contributed by atoms with Crippen molar-refractivity contribution >= 4 is 23.4 Å². The maximum Gasteiger partial charge on any atom is 0.222 e. The molecule has 2 N–H and O–H groups in total. The Morgan fingerprint density at radius 3 is 2.76 bits per heavy atom. The molecule has 1 aromatic rings. The Hall–Kier alpha value is -1.03. The first-order chi connectivity index (χ1) is 8.22. The molecule has 1 heterocycles. The van der Waals surface area contributed by atoms with Gasteiger partial charge in [-0.3, -0.25) is 0 Å². The standard InChI is InChI=1S/C12H19ClN4/c1-2-17(9-6-4-3-5-7-9)11-10(13)8-15-12(14)16-11/h8-9H,2-7H2,1H3,(H2,14,15,16). The molecule has 4 nitrogen and oxygen atoms in total. The largest absolute Gasteiger partial charge is 0.368 e. The zero-order valence-corrected chi connectivity index (χ0v) is 11.0. The lowest BCUT2D eigenvalue weighted by Crippen LogP contribution is -2.37. The van der Waals surface area contributed by atoms with Gasteiger partial charge in [0.25, 0.3) is 0 Å². The SMILES string of the molecule is CCN(c1nc(N)ncc1Cl)C1CCCCC1. The van der Waals surface area contributed by atoms with Gasteiger partial charge in [0.2, 0.25) is 5.95 Å². The number of rotatable bonds is 3. The fraction of sp³-hybridized carbons (Fsp3) is 0.667. The monoisotopic (exact) mass is 254 g/mol. The van der Waals surface area contributed by atoms with Crippen molar-refractivity contribution in [3.63, 3.8) is 0 Å². The highest BCUT2D eigenvalue weighted by atomic mass is 35.5. The number of aromatic nitrogens is 2. The Bertz CT molecular complexity index is 377. The summed E-state index contributed by atoms with van der Waals surface area (Å²) in [4.78, 5) is 10.5. The van der Waals surface area contributed by atoms with Crippen LogP contribution in [-0.4, -0.2) is 22.6 Å². The van der Waals surface area contributed by atoms with Gasteiger partial charge in [0, 0.05) is 12.6 Å². The van der Waals surface area contributed by atoms with Crippen LogP contribution in [0.5, 0.6) is 0 Å². The van der Waals surface area contributed by atoms with E-state index in [1.807, 2.05) is 0 Å². The van der Waals surface area contributed by atoms with E-state index >= 15 is 0 Å². The van der Waals surface area contributed by atoms with E-state index in [-0.39, 0.29) is 0 Å². The van der Waals surface area contributed by atoms with E-state index in [0.717, 1.165) is 12.4 Å². The third-order valence-corrected chi connectivity index (χ3v) is 3.64. The Morgan fingerprint density at radius 2 is 2.12 bits per heavy atom. The van der Waals surface area contributed by atoms with Gasteiger partial charge >= 0.3 is 0 Å². The van der Waals surface area contributed by atoms with Gasteiger partial charge in [-0.25, -0.2) is 4.98 Å². The lowest BCUT2D eigenvalue weighted by Gasteiger charge is -2.34. The molecule has 0 saturated heterocycles. The molecule has 1 saturated carbocycles. The Balaban J connectivity index is 2.24. The van der Waals surface area contributed by atoms with E-state index in [1.54, 1.807) is 6.20 Å². The lowest BCUT2D eigenvalue weighted by atomic mass is 9.94. The van der Waals surface area contributed by atoms with Gasteiger partial charge in [0.15, 0.2) is 5.82 Å². The van der Waals surface area contributed by atoms with Crippen LogP contribution >= 0.6 is 11.6 Å². The van der Waals surface area contributed by atoms with Crippen LogP contribution in [0.3, 0.4) is 0 Å². The first-order valence-corrected chi connectivity index (χ1v) is 6.64. The van der Waals surface area contributed by atoms with Crippen LogP contribution in [0, 0.1) is 0 Å². The maximum absolute atomic E-state index is 6.17. The molecular weight excluding hydrogens is 236 g/mol. The summed E-state index contributed by atoms with van der Waals surface area (Å²) in [6, 6.07) is 0.542. The van der Waals surface area contributed by atoms with E-state index in [9.17, 15) is 0 Å². The predicted octanol–water partition coefficient (Wildman–Crippen LogP) is 2.87. The molecule has 1 aliphatic rings. The molecule has 1 aromatic heterocycles. The molecule has 94 valence electrons. The van der Waals surface area contributed by atoms with Gasteiger partial charge in [0.1, 0.15) is 5.02 Å². The Morgan fingerprint density at radius 1 is 1.41 bits per heavy atom. The number of hydrogen-bond acceptors (Lipinski definition) is 4. The highest BCUT2D eigenvalue weighted by Gasteiger charge is 2.23. The molecule has 0 aliphatic heterocycles. The van der Waals surface area contributed by atoms with Crippen LogP contribution in [0.1, 0.15) is 39.0 Å². The fourth-order valence-electron chi connectivity index (χ4n) is 2.55. The molecule has 17 heavy (non-hydrogen) atoms. The molecular formula is C12H19ClN4. The fourth-order valence-corrected chi connectivity index (χ4v) is 2.75. The quantitative estimate of drug-likeness (QED) is 0.901. The summed E-state index contributed by atoms with van der Waals surface area (Å²) in [7, 11) is 0. The minimum atomic E-state index is 0.290. The average Bonchev–Trinajstić information content (AvgIpc) is 2.36. The molecule has 0 aromatic carbocycles. The number of nitrogens with two attached hydrogens (primary N) is 1. The molecule has 5 heteroatoms. The Labute approximate surface area is 107 Å². The zero-order chi connectivity index (χ0) is 12.3. The normalized spacial score (nSPS) is 17.1. The van der Waals surface area contributed by atoms with Gasteiger partial charge in [-0.1, -0.05) is 30.9 Å². The van der Waals surface area contributed by atoms with Gasteiger partial charge < -0.3 is 10.6 Å². The topological polar surface area (TPSA) is 55.0 Å². The van der Waals surface area contributed by atoms with Crippen LogP contribution in [0.4, 0.5) is 11.8 Å². The van der Waals surface area contributed by atoms with E-state index < -0.39 is 0 Å². The molecule has 0 amide bonds. The molecule has 0 atom stereocenters. The summed E-state index contributed by atoms with van der Waals surface area (Å²) in [5.74, 6) is 1.08. The number of nitrogen functional groups attached to an aromatic ring is 1. The van der Waals surface area contributed by atoms with Gasteiger partial charge in [-0.2, -0.15) is 4.98 Å². The predicted molar refractivity (Wildman–Crippen MR) is 71.3 cm³/mol. The van der Waals surface area contributed by atoms with Crippen molar-refractivity contribution in [2.75, 3.05) is 17.2 Å². The summed E-state index contributed by atoms with van der Waals surface area (Å²) < 4.78 is 0. The van der Waals surface area contributed by atoms with Crippen molar-refractivity contribution in [2.24, 2.45) is 0 Å². The van der Waals surface area contributed by atoms with Crippen molar-refractivity contribution in [1.29, 1.82) is 0 Å². The minimum Gasteiger partial charge on any atom is -0.368 e. The number of anilines is 2. The molecule has 0 bridgehead atoms. The minimum absolute atomic E-state index is 0.290. The first kappa shape index (κ1) is 12.4. The summed E-state index contributed by atoms with van der Waals surface area (Å²) in [5.41, 5.74) is 5.64. The molecule has 0 radical (unpaired) electrons. The van der Waals surface area contributed by atoms with Gasteiger partial charge in [-0.05, 0) is 19.8 Å². The maximum atomic E-state index is 6.17. The van der Waals surface area contributed by atoms with Gasteiger partial charge in [-0.15, -0.1) is 0 Å². The number of nitrogens with zero attached hydrogens (tertiary/aromatic N) is 3. The van der Waals surface area contributed by atoms with Crippen LogP contribution < -0.4 is 10.6 Å². The third kappa shape index (κ3) is 2.80. The van der Waals surface area contributed by atoms with Crippen LogP contribution in [-0.2, 0) is 0 Å². The summed E-state index contributed by atoms with van der Waals surface area (Å²) in [5, 5.41) is 0.589.